The van der Waals surface area contributed by atoms with Crippen LogP contribution in [0.4, 0.5) is 0 Å². The summed E-state index contributed by atoms with van der Waals surface area (Å²) in [7, 11) is 7.17. The van der Waals surface area contributed by atoms with E-state index in [9.17, 15) is 4.79 Å². The second-order valence-electron chi connectivity index (χ2n) is 2.68. The predicted octanol–water partition coefficient (Wildman–Crippen LogP) is 0.953. The molecule has 0 rings (SSSR count). The fourth-order valence-electron chi connectivity index (χ4n) is 0.661. The fourth-order valence-corrected chi connectivity index (χ4v) is 0.661. The standard InChI is InChI=1S/C9H13BNO/c1-6(8(3)12)5-9(11-4)7(2)10/h5H,1-4H3/b6-5+,11-9?. The molecule has 12 heavy (non-hydrogen) atoms. The van der Waals surface area contributed by atoms with Crippen LogP contribution in [0.3, 0.4) is 0 Å². The first-order chi connectivity index (χ1) is 5.49. The van der Waals surface area contributed by atoms with E-state index in [0.717, 1.165) is 0 Å². The minimum atomic E-state index is 0.0393. The molecule has 0 bridgehead atoms. The number of hydrogen-bond acceptors (Lipinski definition) is 2. The minimum absolute atomic E-state index is 0.0393. The molecular weight excluding hydrogens is 149 g/mol. The average Bonchev–Trinajstić information content (AvgIpc) is 1.98. The Labute approximate surface area is 74.5 Å². The Hall–Kier alpha value is -0.985. The molecule has 0 heterocycles. The number of Topliss-reactive ketones (excluding diaryl/α,β-unsaturated/α-hetero) is 1. The van der Waals surface area contributed by atoms with Gasteiger partial charge in [-0.2, -0.15) is 0 Å². The Morgan fingerprint density at radius 1 is 1.33 bits per heavy atom. The van der Waals surface area contributed by atoms with E-state index in [1.165, 1.54) is 6.92 Å². The number of hydrogen-bond donors (Lipinski definition) is 0. The van der Waals surface area contributed by atoms with Gasteiger partial charge < -0.3 is 0 Å². The van der Waals surface area contributed by atoms with Crippen LogP contribution in [-0.2, 0) is 4.79 Å². The summed E-state index contributed by atoms with van der Waals surface area (Å²) in [5.41, 5.74) is 1.96. The third kappa shape index (κ3) is 3.42. The molecule has 0 saturated heterocycles. The summed E-state index contributed by atoms with van der Waals surface area (Å²) in [6.07, 6.45) is 1.69. The molecule has 0 aliphatic rings. The number of allylic oxidation sites excluding steroid dienone is 2. The van der Waals surface area contributed by atoms with Crippen molar-refractivity contribution in [2.75, 3.05) is 7.05 Å². The number of ketones is 1. The molecule has 0 aliphatic carbocycles. The molecule has 3 heteroatoms. The number of aliphatic imine (C=N–C) groups is 1. The van der Waals surface area contributed by atoms with Crippen molar-refractivity contribution in [3.63, 3.8) is 0 Å². The molecule has 0 aromatic carbocycles. The Balaban J connectivity index is 4.72. The Morgan fingerprint density at radius 3 is 2.08 bits per heavy atom. The summed E-state index contributed by atoms with van der Waals surface area (Å²) in [4.78, 5) is 14.8. The molecule has 1 radical (unpaired) electrons. The van der Waals surface area contributed by atoms with Crippen LogP contribution in [0.1, 0.15) is 20.8 Å². The van der Waals surface area contributed by atoms with Crippen molar-refractivity contribution in [1.82, 2.24) is 0 Å². The van der Waals surface area contributed by atoms with Crippen LogP contribution in [0.2, 0.25) is 0 Å². The topological polar surface area (TPSA) is 29.4 Å². The van der Waals surface area contributed by atoms with Crippen LogP contribution in [-0.4, -0.2) is 31.5 Å². The maximum atomic E-state index is 10.8. The van der Waals surface area contributed by atoms with Crippen molar-refractivity contribution < 1.29 is 4.79 Å². The molecule has 63 valence electrons. The van der Waals surface area contributed by atoms with Gasteiger partial charge >= 0.3 is 73.7 Å². The van der Waals surface area contributed by atoms with Gasteiger partial charge in [-0.25, -0.2) is 0 Å². The van der Waals surface area contributed by atoms with Crippen LogP contribution in [0.25, 0.3) is 0 Å². The van der Waals surface area contributed by atoms with E-state index in [4.69, 9.17) is 7.49 Å². The molecule has 0 fully saturated rings. The zero-order valence-electron chi connectivity index (χ0n) is 8.01. The number of rotatable bonds is 3. The second kappa shape index (κ2) is 4.80. The van der Waals surface area contributed by atoms with E-state index in [2.05, 4.69) is 4.99 Å². The predicted molar refractivity (Wildman–Crippen MR) is 54.2 cm³/mol. The Morgan fingerprint density at radius 2 is 1.83 bits per heavy atom. The fraction of sp³-hybridized carbons (Fsp3) is 0.444. The number of carbonyl (C=O) groups excluding carboxylic acids is 1. The monoisotopic (exact) mass is 162 g/mol. The van der Waals surface area contributed by atoms with E-state index in [1.54, 1.807) is 27.0 Å². The van der Waals surface area contributed by atoms with Crippen LogP contribution < -0.4 is 0 Å². The Kier molecular flexibility index (Phi) is 4.41. The molecule has 0 aromatic heterocycles. The number of carbonyl (C=O) groups is 1. The zero-order valence-corrected chi connectivity index (χ0v) is 8.01. The van der Waals surface area contributed by atoms with Gasteiger partial charge in [0.15, 0.2) is 0 Å². The van der Waals surface area contributed by atoms with E-state index >= 15 is 0 Å². The zero-order chi connectivity index (χ0) is 9.72. The molecule has 0 spiro atoms. The summed E-state index contributed by atoms with van der Waals surface area (Å²) in [5.74, 6) is 0.0393. The van der Waals surface area contributed by atoms with Crippen LogP contribution in [0, 0.1) is 0 Å². The quantitative estimate of drug-likeness (QED) is 0.345. The van der Waals surface area contributed by atoms with Gasteiger partial charge in [0.2, 0.25) is 0 Å². The van der Waals surface area contributed by atoms with Crippen LogP contribution in [0.5, 0.6) is 0 Å². The second-order valence-corrected chi connectivity index (χ2v) is 2.68. The van der Waals surface area contributed by atoms with Gasteiger partial charge in [0.05, 0.1) is 0 Å². The molecule has 0 saturated carbocycles. The van der Waals surface area contributed by atoms with E-state index in [1.807, 2.05) is 0 Å². The molecule has 0 amide bonds. The normalized spacial score (nSPS) is 12.9. The summed E-state index contributed by atoms with van der Waals surface area (Å²) in [6.45, 7) is 5.02. The summed E-state index contributed by atoms with van der Waals surface area (Å²) in [6, 6.07) is 0. The molecular formula is C9H13BNO. The van der Waals surface area contributed by atoms with Crippen molar-refractivity contribution in [2.24, 2.45) is 4.99 Å². The van der Waals surface area contributed by atoms with Crippen LogP contribution in [0.15, 0.2) is 16.6 Å². The average molecular weight is 162 g/mol. The molecule has 0 aliphatic heterocycles. The van der Waals surface area contributed by atoms with Crippen molar-refractivity contribution in [3.05, 3.63) is 11.6 Å². The molecule has 0 atom stereocenters. The first-order valence-corrected chi connectivity index (χ1v) is 3.74. The van der Waals surface area contributed by atoms with E-state index in [-0.39, 0.29) is 5.78 Å². The molecule has 0 aromatic rings. The van der Waals surface area contributed by atoms with Gasteiger partial charge in [-0.15, -0.1) is 0 Å². The Bertz CT molecular complexity index is 264. The maximum absolute atomic E-state index is 10.8. The van der Waals surface area contributed by atoms with E-state index < -0.39 is 0 Å². The van der Waals surface area contributed by atoms with Gasteiger partial charge in [0, 0.05) is 0 Å². The van der Waals surface area contributed by atoms with Crippen molar-refractivity contribution in [2.45, 2.75) is 20.8 Å². The molecule has 2 nitrogen and oxygen atoms in total. The van der Waals surface area contributed by atoms with Gasteiger partial charge in [0.25, 0.3) is 0 Å². The van der Waals surface area contributed by atoms with Gasteiger partial charge in [-0.05, 0) is 0 Å². The third-order valence-electron chi connectivity index (χ3n) is 1.55. The summed E-state index contributed by atoms with van der Waals surface area (Å²) >= 11 is 0. The SMILES string of the molecule is [B]=C(C)C(/C=C(\C)C(C)=O)=NC. The first-order valence-electron chi connectivity index (χ1n) is 3.74. The van der Waals surface area contributed by atoms with Gasteiger partial charge in [-0.1, -0.05) is 0 Å². The molecule has 0 unspecified atom stereocenters. The first kappa shape index (κ1) is 11.0. The van der Waals surface area contributed by atoms with Crippen molar-refractivity contribution in [3.8, 4) is 0 Å². The van der Waals surface area contributed by atoms with E-state index in [0.29, 0.717) is 16.7 Å². The summed E-state index contributed by atoms with van der Waals surface area (Å²) < 4.78 is 0. The van der Waals surface area contributed by atoms with Gasteiger partial charge in [0.1, 0.15) is 0 Å². The summed E-state index contributed by atoms with van der Waals surface area (Å²) in [5, 5.41) is 0. The van der Waals surface area contributed by atoms with Gasteiger partial charge in [-0.3, -0.25) is 0 Å². The molecule has 0 N–H and O–H groups in total. The van der Waals surface area contributed by atoms with Crippen molar-refractivity contribution in [1.29, 1.82) is 0 Å². The van der Waals surface area contributed by atoms with Crippen molar-refractivity contribution >= 4 is 24.4 Å². The van der Waals surface area contributed by atoms with Crippen LogP contribution >= 0.6 is 0 Å². The number of nitrogens with zero attached hydrogens (tertiary/aromatic N) is 1. The third-order valence-corrected chi connectivity index (χ3v) is 1.55.